The van der Waals surface area contributed by atoms with Crippen molar-refractivity contribution in [1.82, 2.24) is 19.7 Å². The van der Waals surface area contributed by atoms with Crippen LogP contribution in [-0.2, 0) is 6.42 Å². The Morgan fingerprint density at radius 3 is 2.75 bits per heavy atom. The number of nitrogens with one attached hydrogen (secondary N) is 1. The number of carbonyl (C=O) groups is 1. The maximum atomic E-state index is 13.4. The van der Waals surface area contributed by atoms with Crippen LogP contribution in [0.5, 0.6) is 5.75 Å². The highest BCUT2D eigenvalue weighted by Crippen LogP contribution is 2.38. The number of fused-ring (bicyclic) bond motifs is 4. The van der Waals surface area contributed by atoms with Crippen LogP contribution in [0.15, 0.2) is 63.9 Å². The highest BCUT2D eigenvalue weighted by molar-refractivity contribution is 6.02. The molecule has 0 aliphatic heterocycles. The zero-order chi connectivity index (χ0) is 21.8. The Labute approximate surface area is 181 Å². The number of methoxy groups -OCH3 is 1. The predicted octanol–water partition coefficient (Wildman–Crippen LogP) is 3.78. The number of H-pyrrole nitrogens is 1. The molecule has 0 saturated carbocycles. The van der Waals surface area contributed by atoms with E-state index in [1.54, 1.807) is 19.4 Å². The standard InChI is InChI=1S/C24H18N4O4/c1-31-19-8-4-2-6-14(19)13-10-15-16(18(29)11-13)12-25-22-21(15)23(30)28(27-22)24-26-17-7-3-5-9-20(17)32-24/h2-9,12-13H,10-11H2,1H3,(H,25,27). The van der Waals surface area contributed by atoms with Gasteiger partial charge in [0.05, 0.1) is 12.5 Å². The normalized spacial score (nSPS) is 15.9. The minimum absolute atomic E-state index is 0.0365. The second-order valence-corrected chi connectivity index (χ2v) is 7.86. The van der Waals surface area contributed by atoms with Crippen LogP contribution in [0.1, 0.15) is 33.8 Å². The van der Waals surface area contributed by atoms with E-state index in [4.69, 9.17) is 9.15 Å². The van der Waals surface area contributed by atoms with Crippen LogP contribution in [0.2, 0.25) is 0 Å². The molecule has 8 heteroatoms. The third-order valence-electron chi connectivity index (χ3n) is 6.06. The number of carbonyl (C=O) groups excluding carboxylic acids is 1. The van der Waals surface area contributed by atoms with Crippen LogP contribution in [-0.4, -0.2) is 32.6 Å². The maximum absolute atomic E-state index is 13.4. The van der Waals surface area contributed by atoms with Gasteiger partial charge < -0.3 is 9.15 Å². The van der Waals surface area contributed by atoms with Crippen LogP contribution in [0.3, 0.4) is 0 Å². The molecule has 1 unspecified atom stereocenters. The lowest BCUT2D eigenvalue weighted by molar-refractivity contribution is 0.0964. The summed E-state index contributed by atoms with van der Waals surface area (Å²) in [6.07, 6.45) is 2.41. The summed E-state index contributed by atoms with van der Waals surface area (Å²) in [5, 5.41) is 3.37. The second-order valence-electron chi connectivity index (χ2n) is 7.86. The van der Waals surface area contributed by atoms with Crippen LogP contribution >= 0.6 is 0 Å². The first-order chi connectivity index (χ1) is 15.6. The van der Waals surface area contributed by atoms with Crippen molar-refractivity contribution in [3.63, 3.8) is 0 Å². The number of Topliss-reactive ketones (excluding diaryl/α,β-unsaturated/α-hetero) is 1. The first-order valence-electron chi connectivity index (χ1n) is 10.3. The minimum Gasteiger partial charge on any atom is -0.496 e. The molecule has 2 aromatic carbocycles. The van der Waals surface area contributed by atoms with E-state index in [2.05, 4.69) is 15.1 Å². The summed E-state index contributed by atoms with van der Waals surface area (Å²) in [6, 6.07) is 15.1. The number of pyridine rings is 1. The monoisotopic (exact) mass is 426 g/mol. The molecule has 1 aliphatic rings. The minimum atomic E-state index is -0.343. The molecule has 32 heavy (non-hydrogen) atoms. The molecular formula is C24H18N4O4. The summed E-state index contributed by atoms with van der Waals surface area (Å²) in [5.41, 5.74) is 3.41. The van der Waals surface area contributed by atoms with Gasteiger partial charge in [-0.15, -0.1) is 0 Å². The van der Waals surface area contributed by atoms with Crippen LogP contribution in [0.4, 0.5) is 0 Å². The van der Waals surface area contributed by atoms with Crippen molar-refractivity contribution in [2.24, 2.45) is 0 Å². The number of oxazole rings is 1. The number of ether oxygens (including phenoxy) is 1. The van der Waals surface area contributed by atoms with Crippen LogP contribution in [0, 0.1) is 0 Å². The summed E-state index contributed by atoms with van der Waals surface area (Å²) >= 11 is 0. The fourth-order valence-corrected chi connectivity index (χ4v) is 4.55. The van der Waals surface area contributed by atoms with Gasteiger partial charge in [0, 0.05) is 18.2 Å². The van der Waals surface area contributed by atoms with Crippen molar-refractivity contribution in [2.75, 3.05) is 7.11 Å². The molecular weight excluding hydrogens is 408 g/mol. The summed E-state index contributed by atoms with van der Waals surface area (Å²) in [5.74, 6) is 0.603. The molecule has 0 amide bonds. The van der Waals surface area contributed by atoms with E-state index in [1.165, 1.54) is 4.68 Å². The number of rotatable bonds is 3. The molecule has 1 aliphatic carbocycles. The van der Waals surface area contributed by atoms with Gasteiger partial charge in [0.25, 0.3) is 5.56 Å². The number of aromatic amines is 1. The van der Waals surface area contributed by atoms with Gasteiger partial charge in [-0.1, -0.05) is 30.3 Å². The van der Waals surface area contributed by atoms with E-state index in [0.717, 1.165) is 11.3 Å². The van der Waals surface area contributed by atoms with Gasteiger partial charge in [0.2, 0.25) is 0 Å². The van der Waals surface area contributed by atoms with Gasteiger partial charge >= 0.3 is 6.01 Å². The molecule has 0 fully saturated rings. The lowest BCUT2D eigenvalue weighted by Crippen LogP contribution is -2.22. The number of aromatic nitrogens is 4. The number of hydrogen-bond donors (Lipinski definition) is 1. The molecule has 1 atom stereocenters. The molecule has 3 aromatic heterocycles. The highest BCUT2D eigenvalue weighted by Gasteiger charge is 2.31. The largest absolute Gasteiger partial charge is 0.496 e. The smallest absolute Gasteiger partial charge is 0.325 e. The Hall–Kier alpha value is -4.20. The molecule has 1 N–H and O–H groups in total. The van der Waals surface area contributed by atoms with Crippen LogP contribution < -0.4 is 10.3 Å². The van der Waals surface area contributed by atoms with Crippen molar-refractivity contribution in [2.45, 2.75) is 18.8 Å². The lowest BCUT2D eigenvalue weighted by atomic mass is 9.79. The average Bonchev–Trinajstić information content (AvgIpc) is 3.40. The van der Waals surface area contributed by atoms with Crippen molar-refractivity contribution in [3.05, 3.63) is 81.8 Å². The molecule has 0 spiro atoms. The Balaban J connectivity index is 1.52. The van der Waals surface area contributed by atoms with E-state index in [0.29, 0.717) is 46.1 Å². The highest BCUT2D eigenvalue weighted by atomic mass is 16.5. The van der Waals surface area contributed by atoms with E-state index >= 15 is 0 Å². The first kappa shape index (κ1) is 18.6. The Kier molecular flexibility index (Phi) is 4.01. The van der Waals surface area contributed by atoms with Crippen molar-refractivity contribution >= 4 is 27.9 Å². The Morgan fingerprint density at radius 2 is 1.91 bits per heavy atom. The number of para-hydroxylation sites is 3. The summed E-state index contributed by atoms with van der Waals surface area (Å²) in [4.78, 5) is 35.1. The Morgan fingerprint density at radius 1 is 1.09 bits per heavy atom. The Bertz CT molecular complexity index is 1540. The molecule has 0 saturated heterocycles. The SMILES string of the molecule is COc1ccccc1C1CC(=O)c2cnc3[nH]n(-c4nc5ccccc5o4)c(=O)c3c2C1. The molecule has 158 valence electrons. The summed E-state index contributed by atoms with van der Waals surface area (Å²) in [6.45, 7) is 0. The fourth-order valence-electron chi connectivity index (χ4n) is 4.55. The fraction of sp³-hybridized carbons (Fsp3) is 0.167. The summed E-state index contributed by atoms with van der Waals surface area (Å²) < 4.78 is 12.5. The van der Waals surface area contributed by atoms with Crippen LogP contribution in [0.25, 0.3) is 28.1 Å². The first-order valence-corrected chi connectivity index (χ1v) is 10.3. The maximum Gasteiger partial charge on any atom is 0.325 e. The zero-order valence-electron chi connectivity index (χ0n) is 17.2. The van der Waals surface area contributed by atoms with Gasteiger partial charge in [0.15, 0.2) is 17.0 Å². The predicted molar refractivity (Wildman–Crippen MR) is 118 cm³/mol. The van der Waals surface area contributed by atoms with E-state index in [1.807, 2.05) is 42.5 Å². The topological polar surface area (TPSA) is 103 Å². The number of ketones is 1. The number of nitrogens with zero attached hydrogens (tertiary/aromatic N) is 3. The molecule has 5 aromatic rings. The van der Waals surface area contributed by atoms with Crippen molar-refractivity contribution in [3.8, 4) is 11.8 Å². The molecule has 8 nitrogen and oxygen atoms in total. The second kappa shape index (κ2) is 6.91. The molecule has 6 rings (SSSR count). The summed E-state index contributed by atoms with van der Waals surface area (Å²) in [7, 11) is 1.62. The van der Waals surface area contributed by atoms with E-state index in [9.17, 15) is 9.59 Å². The van der Waals surface area contributed by atoms with Gasteiger partial charge in [-0.25, -0.2) is 4.98 Å². The molecule has 0 bridgehead atoms. The number of hydrogen-bond acceptors (Lipinski definition) is 6. The third kappa shape index (κ3) is 2.69. The van der Waals surface area contributed by atoms with Gasteiger partial charge in [-0.05, 0) is 41.7 Å². The van der Waals surface area contributed by atoms with Crippen molar-refractivity contribution < 1.29 is 13.9 Å². The third-order valence-corrected chi connectivity index (χ3v) is 6.06. The van der Waals surface area contributed by atoms with Crippen molar-refractivity contribution in [1.29, 1.82) is 0 Å². The lowest BCUT2D eigenvalue weighted by Gasteiger charge is -2.25. The molecule has 0 radical (unpaired) electrons. The van der Waals surface area contributed by atoms with E-state index in [-0.39, 0.29) is 23.3 Å². The van der Waals surface area contributed by atoms with Gasteiger partial charge in [0.1, 0.15) is 11.3 Å². The number of benzene rings is 2. The average molecular weight is 426 g/mol. The quantitative estimate of drug-likeness (QED) is 0.471. The van der Waals surface area contributed by atoms with Gasteiger partial charge in [-0.3, -0.25) is 14.7 Å². The van der Waals surface area contributed by atoms with Gasteiger partial charge in [-0.2, -0.15) is 9.67 Å². The zero-order valence-corrected chi connectivity index (χ0v) is 17.2. The molecule has 3 heterocycles. The van der Waals surface area contributed by atoms with E-state index < -0.39 is 0 Å².